The van der Waals surface area contributed by atoms with E-state index in [1.54, 1.807) is 37.4 Å². The van der Waals surface area contributed by atoms with Gasteiger partial charge in [-0.1, -0.05) is 19.0 Å². The predicted molar refractivity (Wildman–Crippen MR) is 99.7 cm³/mol. The second-order valence-corrected chi connectivity index (χ2v) is 6.27. The Morgan fingerprint density at radius 3 is 2.59 bits per heavy atom. The Hall–Kier alpha value is -3.42. The molecule has 0 bridgehead atoms. The molecule has 140 valence electrons. The van der Waals surface area contributed by atoms with Crippen molar-refractivity contribution in [1.29, 1.82) is 0 Å². The zero-order valence-electron chi connectivity index (χ0n) is 15.3. The lowest BCUT2D eigenvalue weighted by atomic mass is 10.2. The molecule has 0 atom stereocenters. The van der Waals surface area contributed by atoms with E-state index in [4.69, 9.17) is 9.26 Å². The minimum absolute atomic E-state index is 0.128. The molecule has 0 fully saturated rings. The first-order valence-corrected chi connectivity index (χ1v) is 8.44. The number of carbonyl (C=O) groups excluding carboxylic acids is 1. The Labute approximate surface area is 155 Å². The average molecular weight is 368 g/mol. The van der Waals surface area contributed by atoms with E-state index in [9.17, 15) is 9.59 Å². The van der Waals surface area contributed by atoms with Crippen LogP contribution in [0.4, 0.5) is 5.69 Å². The van der Waals surface area contributed by atoms with E-state index in [1.807, 2.05) is 13.8 Å². The number of nitrogens with one attached hydrogen (secondary N) is 1. The number of amides is 1. The fraction of sp³-hybridized carbons (Fsp3) is 0.263. The number of carbonyl (C=O) groups is 1. The average Bonchev–Trinajstić information content (AvgIpc) is 3.14. The van der Waals surface area contributed by atoms with Crippen molar-refractivity contribution in [3.63, 3.8) is 0 Å². The molecule has 0 unspecified atom stereocenters. The molecule has 2 heterocycles. The van der Waals surface area contributed by atoms with Gasteiger partial charge in [0.1, 0.15) is 12.3 Å². The monoisotopic (exact) mass is 368 g/mol. The highest BCUT2D eigenvalue weighted by Gasteiger charge is 2.13. The lowest BCUT2D eigenvalue weighted by molar-refractivity contribution is -0.116. The fourth-order valence-electron chi connectivity index (χ4n) is 2.40. The van der Waals surface area contributed by atoms with Crippen molar-refractivity contribution in [2.24, 2.45) is 0 Å². The Bertz CT molecular complexity index is 989. The molecular weight excluding hydrogens is 348 g/mol. The summed E-state index contributed by atoms with van der Waals surface area (Å²) in [4.78, 5) is 28.7. The first-order valence-electron chi connectivity index (χ1n) is 8.44. The molecule has 0 radical (unpaired) electrons. The van der Waals surface area contributed by atoms with E-state index >= 15 is 0 Å². The van der Waals surface area contributed by atoms with Crippen LogP contribution in [0, 0.1) is 0 Å². The van der Waals surface area contributed by atoms with E-state index in [-0.39, 0.29) is 23.9 Å². The van der Waals surface area contributed by atoms with Crippen LogP contribution in [0.15, 0.2) is 51.9 Å². The first kappa shape index (κ1) is 18.4. The Morgan fingerprint density at radius 1 is 1.22 bits per heavy atom. The van der Waals surface area contributed by atoms with Gasteiger partial charge in [-0.05, 0) is 30.3 Å². The van der Waals surface area contributed by atoms with Gasteiger partial charge in [0.2, 0.25) is 5.91 Å². The van der Waals surface area contributed by atoms with Crippen LogP contribution in [0.2, 0.25) is 0 Å². The molecule has 0 aliphatic heterocycles. The first-order chi connectivity index (χ1) is 13.0. The van der Waals surface area contributed by atoms with Gasteiger partial charge in [0.05, 0.1) is 12.7 Å². The van der Waals surface area contributed by atoms with Gasteiger partial charge in [-0.2, -0.15) is 4.98 Å². The normalized spacial score (nSPS) is 10.8. The van der Waals surface area contributed by atoms with Crippen LogP contribution in [0.5, 0.6) is 5.75 Å². The predicted octanol–water partition coefficient (Wildman–Crippen LogP) is 2.67. The van der Waals surface area contributed by atoms with Crippen molar-refractivity contribution in [3.05, 3.63) is 58.8 Å². The van der Waals surface area contributed by atoms with Crippen molar-refractivity contribution in [1.82, 2.24) is 14.7 Å². The van der Waals surface area contributed by atoms with E-state index < -0.39 is 0 Å². The summed E-state index contributed by atoms with van der Waals surface area (Å²) in [6.07, 6.45) is 1.54. The topological polar surface area (TPSA) is 99.2 Å². The summed E-state index contributed by atoms with van der Waals surface area (Å²) in [5.74, 6) is 1.39. The van der Waals surface area contributed by atoms with Crippen molar-refractivity contribution >= 4 is 11.6 Å². The van der Waals surface area contributed by atoms with Crippen LogP contribution in [-0.2, 0) is 11.3 Å². The second kappa shape index (κ2) is 7.86. The maximum absolute atomic E-state index is 12.3. The van der Waals surface area contributed by atoms with Gasteiger partial charge < -0.3 is 19.1 Å². The van der Waals surface area contributed by atoms with Crippen molar-refractivity contribution in [3.8, 4) is 17.2 Å². The van der Waals surface area contributed by atoms with Crippen molar-refractivity contribution < 1.29 is 14.1 Å². The summed E-state index contributed by atoms with van der Waals surface area (Å²) < 4.78 is 11.6. The molecule has 1 N–H and O–H groups in total. The second-order valence-electron chi connectivity index (χ2n) is 6.27. The summed E-state index contributed by atoms with van der Waals surface area (Å²) >= 11 is 0. The van der Waals surface area contributed by atoms with E-state index in [0.717, 1.165) is 0 Å². The van der Waals surface area contributed by atoms with Gasteiger partial charge in [0, 0.05) is 23.9 Å². The summed E-state index contributed by atoms with van der Waals surface area (Å²) in [5, 5.41) is 6.65. The Balaban J connectivity index is 1.75. The van der Waals surface area contributed by atoms with Crippen molar-refractivity contribution in [2.75, 3.05) is 12.4 Å². The molecule has 2 aromatic heterocycles. The number of methoxy groups -OCH3 is 1. The van der Waals surface area contributed by atoms with E-state index in [2.05, 4.69) is 15.5 Å². The number of benzene rings is 1. The molecule has 0 saturated carbocycles. The molecule has 3 aromatic rings. The van der Waals surface area contributed by atoms with Gasteiger partial charge in [-0.25, -0.2) is 0 Å². The molecule has 27 heavy (non-hydrogen) atoms. The lowest BCUT2D eigenvalue weighted by Gasteiger charge is -2.08. The number of anilines is 1. The molecule has 0 spiro atoms. The molecule has 8 nitrogen and oxygen atoms in total. The lowest BCUT2D eigenvalue weighted by Crippen LogP contribution is -2.26. The molecule has 1 amide bonds. The van der Waals surface area contributed by atoms with Crippen LogP contribution in [0.25, 0.3) is 11.5 Å². The van der Waals surface area contributed by atoms with Gasteiger partial charge in [-0.15, -0.1) is 0 Å². The van der Waals surface area contributed by atoms with Crippen molar-refractivity contribution in [2.45, 2.75) is 26.3 Å². The molecule has 0 aliphatic rings. The number of hydrogen-bond donors (Lipinski definition) is 1. The summed E-state index contributed by atoms with van der Waals surface area (Å²) in [5.41, 5.74) is 0.891. The molecular formula is C19H20N4O4. The minimum atomic E-state index is -0.326. The third-order valence-electron chi connectivity index (χ3n) is 3.88. The minimum Gasteiger partial charge on any atom is -0.497 e. The maximum Gasteiger partial charge on any atom is 0.259 e. The number of pyridine rings is 1. The zero-order valence-corrected chi connectivity index (χ0v) is 15.3. The van der Waals surface area contributed by atoms with Crippen LogP contribution < -0.4 is 15.6 Å². The fourth-order valence-corrected chi connectivity index (χ4v) is 2.40. The largest absolute Gasteiger partial charge is 0.497 e. The molecule has 1 aromatic carbocycles. The highest BCUT2D eigenvalue weighted by atomic mass is 16.5. The number of hydrogen-bond acceptors (Lipinski definition) is 6. The van der Waals surface area contributed by atoms with Crippen LogP contribution in [-0.4, -0.2) is 27.7 Å². The van der Waals surface area contributed by atoms with Gasteiger partial charge in [-0.3, -0.25) is 9.59 Å². The van der Waals surface area contributed by atoms with Crippen LogP contribution in [0.1, 0.15) is 25.6 Å². The molecule has 0 aliphatic carbocycles. The number of nitrogens with zero attached hydrogens (tertiary/aromatic N) is 3. The highest BCUT2D eigenvalue weighted by Crippen LogP contribution is 2.19. The molecule has 8 heteroatoms. The zero-order chi connectivity index (χ0) is 19.4. The highest BCUT2D eigenvalue weighted by molar-refractivity contribution is 5.90. The SMILES string of the molecule is COc1ccc(NC(=O)Cn2cc(-c3nc(C(C)C)no3)ccc2=O)cc1. The Kier molecular flexibility index (Phi) is 5.35. The van der Waals surface area contributed by atoms with Crippen LogP contribution >= 0.6 is 0 Å². The number of ether oxygens (including phenoxy) is 1. The van der Waals surface area contributed by atoms with Gasteiger partial charge in [0.15, 0.2) is 5.82 Å². The third-order valence-corrected chi connectivity index (χ3v) is 3.88. The Morgan fingerprint density at radius 2 is 1.96 bits per heavy atom. The maximum atomic E-state index is 12.3. The molecule has 0 saturated heterocycles. The quantitative estimate of drug-likeness (QED) is 0.718. The van der Waals surface area contributed by atoms with E-state index in [1.165, 1.54) is 16.8 Å². The van der Waals surface area contributed by atoms with Gasteiger partial charge >= 0.3 is 0 Å². The summed E-state index contributed by atoms with van der Waals surface area (Å²) in [6.45, 7) is 3.78. The van der Waals surface area contributed by atoms with Crippen LogP contribution in [0.3, 0.4) is 0 Å². The standard InChI is InChI=1S/C19H20N4O4/c1-12(2)18-21-19(27-22-18)13-4-9-17(25)23(10-13)11-16(24)20-14-5-7-15(26-3)8-6-14/h4-10,12H,11H2,1-3H3,(H,20,24). The summed E-state index contributed by atoms with van der Waals surface area (Å²) in [7, 11) is 1.57. The smallest absolute Gasteiger partial charge is 0.259 e. The van der Waals surface area contributed by atoms with Gasteiger partial charge in [0.25, 0.3) is 11.4 Å². The number of aromatic nitrogens is 3. The summed E-state index contributed by atoms with van der Waals surface area (Å²) in [6, 6.07) is 9.89. The third kappa shape index (κ3) is 4.41. The molecule has 3 rings (SSSR count). The number of rotatable bonds is 6. The van der Waals surface area contributed by atoms with E-state index in [0.29, 0.717) is 28.7 Å².